The topological polar surface area (TPSA) is 34.1 Å². The Labute approximate surface area is 83.5 Å². The summed E-state index contributed by atoms with van der Waals surface area (Å²) < 4.78 is 22.1. The van der Waals surface area contributed by atoms with Crippen molar-refractivity contribution in [2.45, 2.75) is 13.6 Å². The fourth-order valence-corrected chi connectivity index (χ4v) is 11.2. The minimum absolute atomic E-state index is 0.107. The van der Waals surface area contributed by atoms with Gasteiger partial charge >= 0.3 is 84.0 Å². The summed E-state index contributed by atoms with van der Waals surface area (Å²) in [6.45, 7) is 0. The van der Waals surface area contributed by atoms with Gasteiger partial charge in [0.05, 0.1) is 0 Å². The van der Waals surface area contributed by atoms with Gasteiger partial charge in [-0.2, -0.15) is 0 Å². The Hall–Kier alpha value is 1.43. The van der Waals surface area contributed by atoms with Gasteiger partial charge in [0.1, 0.15) is 0 Å². The molecule has 1 heterocycles. The van der Waals surface area contributed by atoms with Crippen LogP contribution >= 0.6 is 31.9 Å². The second kappa shape index (κ2) is 3.44. The zero-order chi connectivity index (χ0) is 7.78. The van der Waals surface area contributed by atoms with Crippen LogP contribution in [0.15, 0.2) is 0 Å². The van der Waals surface area contributed by atoms with Gasteiger partial charge in [-0.1, -0.05) is 0 Å². The molecule has 0 bridgehead atoms. The van der Waals surface area contributed by atoms with Crippen molar-refractivity contribution in [2.75, 3.05) is 5.33 Å². The van der Waals surface area contributed by atoms with E-state index < -0.39 is 9.84 Å². The van der Waals surface area contributed by atoms with Crippen molar-refractivity contribution in [2.24, 2.45) is 0 Å². The van der Waals surface area contributed by atoms with Crippen LogP contribution in [0.4, 0.5) is 0 Å². The molecule has 1 saturated heterocycles. The molecule has 0 N–H and O–H groups in total. The van der Waals surface area contributed by atoms with Gasteiger partial charge in [-0.15, -0.1) is 0 Å². The number of alkyl halides is 2. The van der Waals surface area contributed by atoms with Crippen LogP contribution in [-0.2, 0) is 9.84 Å². The molecule has 0 spiro atoms. The molecule has 2 atom stereocenters. The summed E-state index contributed by atoms with van der Waals surface area (Å²) in [5.41, 5.74) is 0. The Morgan fingerprint density at radius 1 is 1.60 bits per heavy atom. The Balaban J connectivity index is 2.85. The summed E-state index contributed by atoms with van der Waals surface area (Å²) in [5.74, 6) is 0. The Morgan fingerprint density at radius 3 is 2.40 bits per heavy atom. The van der Waals surface area contributed by atoms with Gasteiger partial charge in [-0.3, -0.25) is 0 Å². The number of rotatable bonds is 1. The molecule has 2 nitrogen and oxygen atoms in total. The summed E-state index contributed by atoms with van der Waals surface area (Å²) in [7, 11) is -2.82. The van der Waals surface area contributed by atoms with Crippen molar-refractivity contribution in [3.05, 3.63) is 0 Å². The van der Waals surface area contributed by atoms with Gasteiger partial charge in [-0.05, 0) is 0 Å². The van der Waals surface area contributed by atoms with Crippen LogP contribution in [-0.4, -0.2) is 37.0 Å². The zero-order valence-electron chi connectivity index (χ0n) is 4.96. The van der Waals surface area contributed by atoms with Crippen molar-refractivity contribution >= 4 is 56.7 Å². The quantitative estimate of drug-likeness (QED) is 0.518. The summed E-state index contributed by atoms with van der Waals surface area (Å²) in [6.07, 6.45) is 0. The fourth-order valence-electron chi connectivity index (χ4n) is 0.670. The van der Waals surface area contributed by atoms with Crippen LogP contribution in [0.5, 0.6) is 0 Å². The van der Waals surface area contributed by atoms with E-state index in [9.17, 15) is 8.42 Å². The van der Waals surface area contributed by atoms with E-state index in [0.29, 0.717) is 5.33 Å². The van der Waals surface area contributed by atoms with E-state index in [2.05, 4.69) is 31.9 Å². The van der Waals surface area contributed by atoms with E-state index >= 15 is 0 Å². The molecule has 1 fully saturated rings. The summed E-state index contributed by atoms with van der Waals surface area (Å²) >= 11 is 6.60. The van der Waals surface area contributed by atoms with Crippen LogP contribution in [0.2, 0.25) is 5.32 Å². The van der Waals surface area contributed by atoms with E-state index in [-0.39, 0.29) is 23.3 Å². The molecule has 0 aromatic carbocycles. The molecular weight excluding hydrogens is 351 g/mol. The molecule has 60 valence electrons. The SMILES string of the molecule is O=S1(=O)C(Br)C[Se]C1CBr. The van der Waals surface area contributed by atoms with E-state index in [1.807, 2.05) is 0 Å². The third-order valence-electron chi connectivity index (χ3n) is 1.26. The van der Waals surface area contributed by atoms with Gasteiger partial charge in [0, 0.05) is 0 Å². The maximum atomic E-state index is 11.3. The van der Waals surface area contributed by atoms with E-state index in [1.54, 1.807) is 0 Å². The Kier molecular flexibility index (Phi) is 3.27. The van der Waals surface area contributed by atoms with Crippen molar-refractivity contribution in [1.29, 1.82) is 0 Å². The fraction of sp³-hybridized carbons (Fsp3) is 1.00. The normalized spacial score (nSPS) is 38.2. The molecular formula is C4H6Br2O2SSe. The molecule has 1 aliphatic rings. The molecule has 10 heavy (non-hydrogen) atoms. The maximum absolute atomic E-state index is 11.3. The zero-order valence-corrected chi connectivity index (χ0v) is 10.7. The van der Waals surface area contributed by atoms with Gasteiger partial charge in [-0.25, -0.2) is 0 Å². The monoisotopic (exact) mass is 356 g/mol. The number of hydrogen-bond acceptors (Lipinski definition) is 2. The molecule has 0 radical (unpaired) electrons. The molecule has 6 heteroatoms. The van der Waals surface area contributed by atoms with Crippen LogP contribution < -0.4 is 0 Å². The first-order chi connectivity index (χ1) is 4.59. The third-order valence-corrected chi connectivity index (χ3v) is 13.0. The van der Waals surface area contributed by atoms with Crippen molar-refractivity contribution < 1.29 is 8.42 Å². The molecule has 1 rings (SSSR count). The number of hydrogen-bond donors (Lipinski definition) is 0. The minimum atomic E-state index is -2.82. The average molecular weight is 357 g/mol. The summed E-state index contributed by atoms with van der Waals surface area (Å²) in [5, 5.41) is 1.41. The van der Waals surface area contributed by atoms with Crippen molar-refractivity contribution in [1.82, 2.24) is 0 Å². The van der Waals surface area contributed by atoms with E-state index in [4.69, 9.17) is 0 Å². The first-order valence-corrected chi connectivity index (χ1v) is 8.48. The third kappa shape index (κ3) is 1.61. The predicted molar refractivity (Wildman–Crippen MR) is 49.8 cm³/mol. The number of sulfone groups is 1. The summed E-state index contributed by atoms with van der Waals surface area (Å²) in [4.78, 5) is 0. The van der Waals surface area contributed by atoms with E-state index in [1.165, 1.54) is 0 Å². The molecule has 0 amide bonds. The van der Waals surface area contributed by atoms with Crippen LogP contribution in [0, 0.1) is 0 Å². The molecule has 2 unspecified atom stereocenters. The predicted octanol–water partition coefficient (Wildman–Crippen LogP) is 0.979. The van der Waals surface area contributed by atoms with Crippen molar-refractivity contribution in [3.63, 3.8) is 0 Å². The average Bonchev–Trinajstić information content (AvgIpc) is 2.10. The second-order valence-corrected chi connectivity index (χ2v) is 9.86. The first-order valence-electron chi connectivity index (χ1n) is 2.63. The van der Waals surface area contributed by atoms with Gasteiger partial charge < -0.3 is 0 Å². The standard InChI is InChI=1S/C4H6Br2O2SSe/c5-1-4-9(7,8)3(6)2-10-4/h3-4H,1-2H2. The molecule has 1 aliphatic heterocycles. The van der Waals surface area contributed by atoms with Gasteiger partial charge in [0.2, 0.25) is 0 Å². The number of halogens is 2. The second-order valence-electron chi connectivity index (χ2n) is 1.92. The van der Waals surface area contributed by atoms with Gasteiger partial charge in [0.15, 0.2) is 0 Å². The van der Waals surface area contributed by atoms with Gasteiger partial charge in [0.25, 0.3) is 0 Å². The van der Waals surface area contributed by atoms with Crippen LogP contribution in [0.3, 0.4) is 0 Å². The van der Waals surface area contributed by atoms with Crippen LogP contribution in [0.1, 0.15) is 0 Å². The molecule has 0 aromatic heterocycles. The first kappa shape index (κ1) is 9.52. The molecule has 0 aromatic rings. The van der Waals surface area contributed by atoms with Crippen molar-refractivity contribution in [3.8, 4) is 0 Å². The molecule has 0 aliphatic carbocycles. The van der Waals surface area contributed by atoms with E-state index in [0.717, 1.165) is 5.32 Å². The molecule has 0 saturated carbocycles. The van der Waals surface area contributed by atoms with Crippen LogP contribution in [0.25, 0.3) is 0 Å². The Bertz CT molecular complexity index is 215. The Morgan fingerprint density at radius 2 is 2.20 bits per heavy atom. The summed E-state index contributed by atoms with van der Waals surface area (Å²) in [6, 6.07) is 0.